The maximum Gasteiger partial charge on any atom is 0.151 e. The van der Waals surface area contributed by atoms with E-state index in [1.54, 1.807) is 6.07 Å². The van der Waals surface area contributed by atoms with E-state index in [1.165, 1.54) is 44.2 Å². The van der Waals surface area contributed by atoms with Crippen LogP contribution in [0.25, 0.3) is 0 Å². The van der Waals surface area contributed by atoms with Crippen LogP contribution in [0, 0.1) is 23.6 Å². The summed E-state index contributed by atoms with van der Waals surface area (Å²) in [5.74, 6) is 6.08. The van der Waals surface area contributed by atoms with E-state index in [1.807, 2.05) is 0 Å². The molecule has 0 saturated heterocycles. The van der Waals surface area contributed by atoms with Gasteiger partial charge in [-0.05, 0) is 25.0 Å². The van der Waals surface area contributed by atoms with Crippen molar-refractivity contribution in [2.24, 2.45) is 5.92 Å². The standard InChI is InChI=1S/C17H22FNO2S/c1-22(20,21)13-15-9-10-16(12-17(15)18)19-11-5-8-14-6-3-2-4-7-14/h9-10,12,14,19H,2-4,6-7,11,13H2,1H3. The Hall–Kier alpha value is -1.54. The lowest BCUT2D eigenvalue weighted by Gasteiger charge is -2.15. The van der Waals surface area contributed by atoms with Gasteiger partial charge in [-0.15, -0.1) is 0 Å². The van der Waals surface area contributed by atoms with Gasteiger partial charge >= 0.3 is 0 Å². The molecule has 22 heavy (non-hydrogen) atoms. The highest BCUT2D eigenvalue weighted by atomic mass is 32.2. The zero-order valence-corrected chi connectivity index (χ0v) is 13.7. The number of benzene rings is 1. The number of nitrogens with one attached hydrogen (secondary N) is 1. The minimum atomic E-state index is -3.23. The van der Waals surface area contributed by atoms with E-state index in [9.17, 15) is 12.8 Å². The quantitative estimate of drug-likeness (QED) is 0.864. The zero-order chi connectivity index (χ0) is 16.0. The third kappa shape index (κ3) is 5.69. The van der Waals surface area contributed by atoms with Gasteiger partial charge in [0.2, 0.25) is 0 Å². The third-order valence-corrected chi connectivity index (χ3v) is 4.60. The van der Waals surface area contributed by atoms with Gasteiger partial charge in [-0.25, -0.2) is 12.8 Å². The molecule has 120 valence electrons. The third-order valence-electron chi connectivity index (χ3n) is 3.76. The predicted octanol–water partition coefficient (Wildman–Crippen LogP) is 3.37. The molecule has 1 N–H and O–H groups in total. The lowest BCUT2D eigenvalue weighted by Crippen LogP contribution is -2.06. The molecule has 0 heterocycles. The average Bonchev–Trinajstić information content (AvgIpc) is 2.46. The average molecular weight is 323 g/mol. The smallest absolute Gasteiger partial charge is 0.151 e. The Balaban J connectivity index is 1.88. The number of anilines is 1. The number of rotatable bonds is 4. The molecule has 2 rings (SSSR count). The van der Waals surface area contributed by atoms with Crippen molar-refractivity contribution in [1.29, 1.82) is 0 Å². The summed E-state index contributed by atoms with van der Waals surface area (Å²) in [4.78, 5) is 0. The second-order valence-electron chi connectivity index (χ2n) is 5.89. The Morgan fingerprint density at radius 2 is 2.00 bits per heavy atom. The molecule has 0 bridgehead atoms. The van der Waals surface area contributed by atoms with Crippen molar-refractivity contribution in [2.45, 2.75) is 37.9 Å². The Labute approximate surface area is 132 Å². The molecule has 1 aromatic carbocycles. The monoisotopic (exact) mass is 323 g/mol. The van der Waals surface area contributed by atoms with E-state index in [-0.39, 0.29) is 11.3 Å². The van der Waals surface area contributed by atoms with Gasteiger partial charge in [0.15, 0.2) is 9.84 Å². The molecule has 0 aromatic heterocycles. The summed E-state index contributed by atoms with van der Waals surface area (Å²) in [5.41, 5.74) is 0.814. The molecule has 0 spiro atoms. The number of halogens is 1. The van der Waals surface area contributed by atoms with Gasteiger partial charge in [0.1, 0.15) is 5.82 Å². The lowest BCUT2D eigenvalue weighted by atomic mass is 9.90. The van der Waals surface area contributed by atoms with Crippen molar-refractivity contribution >= 4 is 15.5 Å². The van der Waals surface area contributed by atoms with Crippen molar-refractivity contribution in [2.75, 3.05) is 18.1 Å². The van der Waals surface area contributed by atoms with Gasteiger partial charge in [0, 0.05) is 23.4 Å². The highest BCUT2D eigenvalue weighted by Crippen LogP contribution is 2.22. The molecule has 1 aromatic rings. The fraction of sp³-hybridized carbons (Fsp3) is 0.529. The minimum absolute atomic E-state index is 0.196. The first-order valence-electron chi connectivity index (χ1n) is 7.62. The van der Waals surface area contributed by atoms with Crippen LogP contribution in [0.1, 0.15) is 37.7 Å². The van der Waals surface area contributed by atoms with Crippen LogP contribution in [0.3, 0.4) is 0 Å². The molecule has 1 aliphatic carbocycles. The van der Waals surface area contributed by atoms with Gasteiger partial charge < -0.3 is 5.32 Å². The van der Waals surface area contributed by atoms with Crippen LogP contribution >= 0.6 is 0 Å². The fourth-order valence-electron chi connectivity index (χ4n) is 2.65. The van der Waals surface area contributed by atoms with Gasteiger partial charge in [-0.2, -0.15) is 0 Å². The highest BCUT2D eigenvalue weighted by Gasteiger charge is 2.11. The molecule has 0 radical (unpaired) electrons. The Bertz CT molecular complexity index is 668. The van der Waals surface area contributed by atoms with Crippen LogP contribution in [-0.4, -0.2) is 21.2 Å². The fourth-order valence-corrected chi connectivity index (χ4v) is 3.44. The van der Waals surface area contributed by atoms with Gasteiger partial charge in [0.25, 0.3) is 0 Å². The van der Waals surface area contributed by atoms with Gasteiger partial charge in [0.05, 0.1) is 12.3 Å². The number of hydrogen-bond donors (Lipinski definition) is 1. The van der Waals surface area contributed by atoms with E-state index in [0.29, 0.717) is 18.2 Å². The second-order valence-corrected chi connectivity index (χ2v) is 8.03. The molecule has 3 nitrogen and oxygen atoms in total. The maximum atomic E-state index is 13.8. The van der Waals surface area contributed by atoms with Crippen LogP contribution < -0.4 is 5.32 Å². The molecule has 0 atom stereocenters. The summed E-state index contributed by atoms with van der Waals surface area (Å²) < 4.78 is 36.2. The van der Waals surface area contributed by atoms with Crippen molar-refractivity contribution in [3.63, 3.8) is 0 Å². The van der Waals surface area contributed by atoms with E-state index >= 15 is 0 Å². The van der Waals surface area contributed by atoms with Crippen LogP contribution in [0.4, 0.5) is 10.1 Å². The Morgan fingerprint density at radius 3 is 2.64 bits per heavy atom. The van der Waals surface area contributed by atoms with Crippen LogP contribution in [0.2, 0.25) is 0 Å². The molecule has 0 unspecified atom stereocenters. The topological polar surface area (TPSA) is 46.2 Å². The first-order valence-corrected chi connectivity index (χ1v) is 9.68. The molecule has 1 fully saturated rings. The Morgan fingerprint density at radius 1 is 1.27 bits per heavy atom. The van der Waals surface area contributed by atoms with Crippen molar-refractivity contribution in [3.8, 4) is 11.8 Å². The molecule has 0 aliphatic heterocycles. The summed E-state index contributed by atoms with van der Waals surface area (Å²) in [6, 6.07) is 4.52. The summed E-state index contributed by atoms with van der Waals surface area (Å²) in [6.07, 6.45) is 7.30. The molecular formula is C17H22FNO2S. The molecule has 1 aliphatic rings. The number of sulfone groups is 1. The minimum Gasteiger partial charge on any atom is -0.374 e. The molecule has 0 amide bonds. The predicted molar refractivity (Wildman–Crippen MR) is 87.8 cm³/mol. The van der Waals surface area contributed by atoms with Crippen molar-refractivity contribution in [1.82, 2.24) is 0 Å². The molecule has 5 heteroatoms. The summed E-state index contributed by atoms with van der Waals surface area (Å²) >= 11 is 0. The van der Waals surface area contributed by atoms with Crippen LogP contribution in [0.5, 0.6) is 0 Å². The van der Waals surface area contributed by atoms with Crippen molar-refractivity contribution in [3.05, 3.63) is 29.6 Å². The van der Waals surface area contributed by atoms with Crippen molar-refractivity contribution < 1.29 is 12.8 Å². The first kappa shape index (κ1) is 16.8. The zero-order valence-electron chi connectivity index (χ0n) is 12.9. The highest BCUT2D eigenvalue weighted by molar-refractivity contribution is 7.89. The number of hydrogen-bond acceptors (Lipinski definition) is 3. The second kappa shape index (κ2) is 7.64. The largest absolute Gasteiger partial charge is 0.374 e. The SMILES string of the molecule is CS(=O)(=O)Cc1ccc(NCC#CC2CCCCC2)cc1F. The van der Waals surface area contributed by atoms with E-state index in [0.717, 1.165) is 6.26 Å². The molecule has 1 saturated carbocycles. The summed E-state index contributed by atoms with van der Waals surface area (Å²) in [7, 11) is -3.23. The van der Waals surface area contributed by atoms with E-state index in [4.69, 9.17) is 0 Å². The summed E-state index contributed by atoms with van der Waals surface area (Å²) in [6.45, 7) is 0.474. The maximum absolute atomic E-state index is 13.8. The van der Waals surface area contributed by atoms with Gasteiger partial charge in [-0.1, -0.05) is 37.2 Å². The molecular weight excluding hydrogens is 301 g/mol. The lowest BCUT2D eigenvalue weighted by molar-refractivity contribution is 0.430. The van der Waals surface area contributed by atoms with Crippen LogP contribution in [-0.2, 0) is 15.6 Å². The van der Waals surface area contributed by atoms with Gasteiger partial charge in [-0.3, -0.25) is 0 Å². The Kier molecular flexibility index (Phi) is 5.84. The normalized spacial score (nSPS) is 15.9. The van der Waals surface area contributed by atoms with E-state index in [2.05, 4.69) is 17.2 Å². The first-order chi connectivity index (χ1) is 10.4. The van der Waals surface area contributed by atoms with Crippen LogP contribution in [0.15, 0.2) is 18.2 Å². The van der Waals surface area contributed by atoms with E-state index < -0.39 is 15.7 Å². The summed E-state index contributed by atoms with van der Waals surface area (Å²) in [5, 5.41) is 3.05.